The van der Waals surface area contributed by atoms with Crippen LogP contribution in [-0.4, -0.2) is 57.8 Å². The number of carbonyl (C=O) groups is 1. The fourth-order valence-corrected chi connectivity index (χ4v) is 5.20. The maximum atomic E-state index is 13.9. The molecule has 242 valence electrons. The maximum Gasteiger partial charge on any atom is 0.416 e. The zero-order chi connectivity index (χ0) is 32.8. The molecule has 0 spiro atoms. The molecule has 3 aromatic rings. The first-order valence-electron chi connectivity index (χ1n) is 15.0. The average Bonchev–Trinajstić information content (AvgIpc) is 3.42. The summed E-state index contributed by atoms with van der Waals surface area (Å²) in [7, 11) is 0. The first-order chi connectivity index (χ1) is 21.5. The van der Waals surface area contributed by atoms with Crippen LogP contribution >= 0.6 is 12.2 Å². The minimum absolute atomic E-state index is 0.0713. The van der Waals surface area contributed by atoms with Crippen LogP contribution in [0.25, 0.3) is 0 Å². The molecular formula is C33H41F3N6O2S. The predicted molar refractivity (Wildman–Crippen MR) is 171 cm³/mol. The number of aromatic nitrogens is 2. The molecule has 0 fully saturated rings. The van der Waals surface area contributed by atoms with Crippen molar-refractivity contribution in [2.45, 2.75) is 65.3 Å². The number of benzene rings is 2. The van der Waals surface area contributed by atoms with Crippen LogP contribution in [0.2, 0.25) is 0 Å². The van der Waals surface area contributed by atoms with Gasteiger partial charge >= 0.3 is 6.18 Å². The highest BCUT2D eigenvalue weighted by Crippen LogP contribution is 2.32. The number of rotatable bonds is 16. The second-order valence-corrected chi connectivity index (χ2v) is 11.6. The van der Waals surface area contributed by atoms with Crippen LogP contribution in [0.5, 0.6) is 0 Å². The molecule has 45 heavy (non-hydrogen) atoms. The highest BCUT2D eigenvalue weighted by molar-refractivity contribution is 7.80. The highest BCUT2D eigenvalue weighted by atomic mass is 32.1. The summed E-state index contributed by atoms with van der Waals surface area (Å²) in [6.45, 7) is 8.23. The Morgan fingerprint density at radius 1 is 1.18 bits per heavy atom. The third kappa shape index (κ3) is 11.8. The molecule has 1 atom stereocenters. The van der Waals surface area contributed by atoms with E-state index in [0.29, 0.717) is 55.5 Å². The summed E-state index contributed by atoms with van der Waals surface area (Å²) in [6.07, 6.45) is 0.136. The summed E-state index contributed by atoms with van der Waals surface area (Å²) in [5.74, 6) is -0.0253. The Hall–Kier alpha value is -3.95. The van der Waals surface area contributed by atoms with Gasteiger partial charge in [-0.25, -0.2) is 4.98 Å². The van der Waals surface area contributed by atoms with Gasteiger partial charge in [0.25, 0.3) is 0 Å². The number of ether oxygens (including phenoxy) is 1. The third-order valence-corrected chi connectivity index (χ3v) is 7.46. The largest absolute Gasteiger partial charge is 0.416 e. The Labute approximate surface area is 268 Å². The van der Waals surface area contributed by atoms with Gasteiger partial charge in [0.2, 0.25) is 5.91 Å². The summed E-state index contributed by atoms with van der Waals surface area (Å²) in [5.41, 5.74) is 1.63. The SMILES string of the molecule is CCOCCCNC(=S)N(Cc1ccccc1C(F)(F)F)C[C@H](CC(C)C)NC(=O)Cc1cncn1Cc1ccc(C#N)cc1. The van der Waals surface area contributed by atoms with Crippen molar-refractivity contribution < 1.29 is 22.7 Å². The normalized spacial score (nSPS) is 12.0. The molecule has 3 rings (SSSR count). The van der Waals surface area contributed by atoms with Gasteiger partial charge in [0.1, 0.15) is 0 Å². The van der Waals surface area contributed by atoms with Gasteiger partial charge in [-0.1, -0.05) is 44.2 Å². The van der Waals surface area contributed by atoms with E-state index < -0.39 is 11.7 Å². The number of carbonyl (C=O) groups excluding carboxylic acids is 1. The second kappa shape index (κ2) is 17.5. The quantitative estimate of drug-likeness (QED) is 0.153. The zero-order valence-corrected chi connectivity index (χ0v) is 26.8. The number of amides is 1. The minimum atomic E-state index is -4.51. The highest BCUT2D eigenvalue weighted by Gasteiger charge is 2.33. The monoisotopic (exact) mass is 642 g/mol. The molecule has 0 bridgehead atoms. The Morgan fingerprint density at radius 3 is 2.58 bits per heavy atom. The van der Waals surface area contributed by atoms with Crippen LogP contribution in [0, 0.1) is 17.2 Å². The van der Waals surface area contributed by atoms with Crippen molar-refractivity contribution in [1.82, 2.24) is 25.1 Å². The van der Waals surface area contributed by atoms with Crippen LogP contribution < -0.4 is 10.6 Å². The lowest BCUT2D eigenvalue weighted by atomic mass is 10.0. The van der Waals surface area contributed by atoms with E-state index in [9.17, 15) is 18.0 Å². The van der Waals surface area contributed by atoms with E-state index in [4.69, 9.17) is 22.2 Å². The first kappa shape index (κ1) is 35.5. The molecule has 8 nitrogen and oxygen atoms in total. The number of thiocarbonyl (C=S) groups is 1. The lowest BCUT2D eigenvalue weighted by molar-refractivity contribution is -0.138. The van der Waals surface area contributed by atoms with Gasteiger partial charge in [-0.05, 0) is 67.2 Å². The molecule has 0 unspecified atom stereocenters. The molecule has 0 radical (unpaired) electrons. The van der Waals surface area contributed by atoms with Crippen LogP contribution in [-0.2, 0) is 35.2 Å². The van der Waals surface area contributed by atoms with Gasteiger partial charge in [-0.15, -0.1) is 0 Å². The fourth-order valence-electron chi connectivity index (χ4n) is 4.96. The summed E-state index contributed by atoms with van der Waals surface area (Å²) in [6, 6.07) is 14.4. The Kier molecular flexibility index (Phi) is 13.8. The number of hydrogen-bond donors (Lipinski definition) is 2. The van der Waals surface area contributed by atoms with Crippen molar-refractivity contribution in [2.75, 3.05) is 26.3 Å². The number of halogens is 3. The molecular weight excluding hydrogens is 601 g/mol. The summed E-state index contributed by atoms with van der Waals surface area (Å²) >= 11 is 5.67. The maximum absolute atomic E-state index is 13.9. The fraction of sp³-hybridized carbons (Fsp3) is 0.455. The van der Waals surface area contributed by atoms with E-state index >= 15 is 0 Å². The van der Waals surface area contributed by atoms with Crippen molar-refractivity contribution in [3.8, 4) is 6.07 Å². The summed E-state index contributed by atoms with van der Waals surface area (Å²) in [4.78, 5) is 19.3. The van der Waals surface area contributed by atoms with Gasteiger partial charge in [0.15, 0.2) is 5.11 Å². The summed E-state index contributed by atoms with van der Waals surface area (Å²) in [5, 5.41) is 15.6. The smallest absolute Gasteiger partial charge is 0.382 e. The lowest BCUT2D eigenvalue weighted by Crippen LogP contribution is -2.49. The van der Waals surface area contributed by atoms with Crippen LogP contribution in [0.4, 0.5) is 13.2 Å². The van der Waals surface area contributed by atoms with Crippen molar-refractivity contribution >= 4 is 23.2 Å². The number of nitrogens with one attached hydrogen (secondary N) is 2. The number of alkyl halides is 3. The lowest BCUT2D eigenvalue weighted by Gasteiger charge is -2.32. The molecule has 1 heterocycles. The Bertz CT molecular complexity index is 1420. The van der Waals surface area contributed by atoms with Crippen molar-refractivity contribution in [2.24, 2.45) is 5.92 Å². The van der Waals surface area contributed by atoms with Crippen LogP contribution in [0.3, 0.4) is 0 Å². The van der Waals surface area contributed by atoms with Gasteiger partial charge in [-0.3, -0.25) is 4.79 Å². The van der Waals surface area contributed by atoms with E-state index in [0.717, 1.165) is 11.6 Å². The van der Waals surface area contributed by atoms with E-state index in [1.807, 2.05) is 37.5 Å². The Morgan fingerprint density at radius 2 is 1.91 bits per heavy atom. The molecule has 1 amide bonds. The van der Waals surface area contributed by atoms with E-state index in [1.165, 1.54) is 12.1 Å². The average molecular weight is 643 g/mol. The number of imidazole rings is 1. The molecule has 0 aliphatic rings. The van der Waals surface area contributed by atoms with Crippen LogP contribution in [0.15, 0.2) is 61.1 Å². The Balaban J connectivity index is 1.75. The second-order valence-electron chi connectivity index (χ2n) is 11.2. The molecule has 2 N–H and O–H groups in total. The zero-order valence-electron chi connectivity index (χ0n) is 25.9. The third-order valence-electron chi connectivity index (χ3n) is 7.05. The van der Waals surface area contributed by atoms with E-state index in [2.05, 4.69) is 21.7 Å². The topological polar surface area (TPSA) is 95.2 Å². The van der Waals surface area contributed by atoms with Crippen molar-refractivity contribution in [1.29, 1.82) is 5.26 Å². The number of hydrogen-bond acceptors (Lipinski definition) is 5. The van der Waals surface area contributed by atoms with Gasteiger partial charge < -0.3 is 24.8 Å². The predicted octanol–water partition coefficient (Wildman–Crippen LogP) is 5.70. The number of nitriles is 1. The van der Waals surface area contributed by atoms with Crippen LogP contribution in [0.1, 0.15) is 61.6 Å². The van der Waals surface area contributed by atoms with Gasteiger partial charge in [0.05, 0.1) is 29.9 Å². The standard InChI is InChI=1S/C33H41F3N6O2S/c1-4-44-15-7-14-39-32(45)41(21-27-8-5-6-9-30(27)33(34,35)36)22-28(16-24(2)3)40-31(43)17-29-19-38-23-42(29)20-26-12-10-25(18-37)11-13-26/h5-6,8-13,19,23-24,28H,4,7,14-17,20-22H2,1-3H3,(H,39,45)(H,40,43)/t28-/m0/s1. The van der Waals surface area contributed by atoms with E-state index in [-0.39, 0.29) is 42.9 Å². The first-order valence-corrected chi connectivity index (χ1v) is 15.4. The molecule has 2 aromatic carbocycles. The van der Waals surface area contributed by atoms with Crippen molar-refractivity contribution in [3.05, 3.63) is 89.0 Å². The molecule has 0 aliphatic carbocycles. The summed E-state index contributed by atoms with van der Waals surface area (Å²) < 4.78 is 48.8. The molecule has 0 aliphatic heterocycles. The molecule has 0 saturated carbocycles. The van der Waals surface area contributed by atoms with Gasteiger partial charge in [-0.2, -0.15) is 18.4 Å². The minimum Gasteiger partial charge on any atom is -0.382 e. The molecule has 0 saturated heterocycles. The molecule has 12 heteroatoms. The molecule has 1 aromatic heterocycles. The van der Waals surface area contributed by atoms with E-state index in [1.54, 1.807) is 35.6 Å². The van der Waals surface area contributed by atoms with Crippen molar-refractivity contribution in [3.63, 3.8) is 0 Å². The number of nitrogens with zero attached hydrogens (tertiary/aromatic N) is 4. The van der Waals surface area contributed by atoms with Gasteiger partial charge in [0, 0.05) is 57.3 Å².